The molecule has 1 radical (unpaired) electrons. The van der Waals surface area contributed by atoms with Crippen LogP contribution in [0.25, 0.3) is 43.6 Å². The Bertz CT molecular complexity index is 1130. The van der Waals surface area contributed by atoms with Crippen molar-refractivity contribution in [2.45, 2.75) is 0 Å². The molecule has 0 aliphatic rings. The Morgan fingerprint density at radius 1 is 0.708 bits per heavy atom. The summed E-state index contributed by atoms with van der Waals surface area (Å²) in [6, 6.07) is 26.5. The quantitative estimate of drug-likeness (QED) is 0.228. The van der Waals surface area contributed by atoms with Crippen molar-refractivity contribution in [1.29, 1.82) is 0 Å². The molecule has 1 aromatic heterocycles. The van der Waals surface area contributed by atoms with Crippen molar-refractivity contribution in [2.24, 2.45) is 0 Å². The average Bonchev–Trinajstić information content (AvgIpc) is 3.16. The predicted octanol–water partition coefficient (Wildman–Crippen LogP) is 5.60. The normalized spacial score (nSPS) is 11.0. The van der Waals surface area contributed by atoms with Crippen molar-refractivity contribution in [3.8, 4) is 11.3 Å². The molecule has 4 aromatic carbocycles. The molecule has 5 rings (SSSR count). The van der Waals surface area contributed by atoms with E-state index in [1.807, 2.05) is 6.07 Å². The summed E-state index contributed by atoms with van der Waals surface area (Å²) in [5.41, 5.74) is 1.76. The zero-order valence-electron chi connectivity index (χ0n) is 12.6. The van der Waals surface area contributed by atoms with Gasteiger partial charge < -0.3 is 4.52 Å². The Morgan fingerprint density at radius 2 is 1.29 bits per heavy atom. The van der Waals surface area contributed by atoms with Gasteiger partial charge in [-0.25, -0.2) is 0 Å². The molecule has 1 heterocycles. The largest absolute Gasteiger partial charge is 0.375 e. The Morgan fingerprint density at radius 3 is 1.88 bits per heavy atom. The number of hydrogen-bond acceptors (Lipinski definition) is 2. The van der Waals surface area contributed by atoms with E-state index in [9.17, 15) is 0 Å². The Balaban J connectivity index is 0.00000146. The molecule has 5 aromatic rings. The molecule has 0 aliphatic carbocycles. The molecule has 0 amide bonds. The fourth-order valence-corrected chi connectivity index (χ4v) is 3.34. The summed E-state index contributed by atoms with van der Waals surface area (Å²) in [4.78, 5) is 0. The summed E-state index contributed by atoms with van der Waals surface area (Å²) < 4.78 is 4.97. The van der Waals surface area contributed by atoms with E-state index in [1.54, 1.807) is 6.26 Å². The zero-order chi connectivity index (χ0) is 15.2. The van der Waals surface area contributed by atoms with Crippen molar-refractivity contribution in [1.82, 2.24) is 5.16 Å². The van der Waals surface area contributed by atoms with Crippen LogP contribution in [0.4, 0.5) is 0 Å². The van der Waals surface area contributed by atoms with Gasteiger partial charge in [0.05, 0.1) is 0 Å². The molecule has 0 atom stereocenters. The Hall–Kier alpha value is -2.48. The Kier molecular flexibility index (Phi) is 3.68. The number of fused-ring (bicyclic) bond motifs is 6. The van der Waals surface area contributed by atoms with Gasteiger partial charge in [-0.3, -0.25) is 0 Å². The van der Waals surface area contributed by atoms with Crippen LogP contribution in [0.3, 0.4) is 0 Å². The molecule has 0 aliphatic heterocycles. The second kappa shape index (κ2) is 5.86. The van der Waals surface area contributed by atoms with Gasteiger partial charge in [0.2, 0.25) is 0 Å². The van der Waals surface area contributed by atoms with Crippen molar-refractivity contribution >= 4 is 32.3 Å². The summed E-state index contributed by atoms with van der Waals surface area (Å²) in [5, 5.41) is 11.5. The predicted molar refractivity (Wildman–Crippen MR) is 93.3 cm³/mol. The molecule has 0 bridgehead atoms. The van der Waals surface area contributed by atoms with Crippen molar-refractivity contribution in [3.05, 3.63) is 79.1 Å². The SMILES string of the molecule is [Ir].[c-]1cc2c3ccccc3c3ccccc3c2cc1-c1ccon1. The first-order valence-electron chi connectivity index (χ1n) is 7.57. The number of aromatic nitrogens is 1. The van der Waals surface area contributed by atoms with E-state index in [1.165, 1.54) is 32.3 Å². The minimum atomic E-state index is 0. The number of nitrogens with zero attached hydrogens (tertiary/aromatic N) is 1. The van der Waals surface area contributed by atoms with E-state index in [0.717, 1.165) is 11.3 Å². The standard InChI is InChI=1S/C21H12NO.Ir/c1-2-7-17-15(5-1)16-6-3-4-8-18(16)20-13-14(9-10-19(17)20)21-11-12-23-22-21;/h1-8,10-13H;/q-1;. The third-order valence-corrected chi connectivity index (χ3v) is 4.39. The summed E-state index contributed by atoms with van der Waals surface area (Å²) in [6.45, 7) is 0. The van der Waals surface area contributed by atoms with E-state index in [4.69, 9.17) is 4.52 Å². The fraction of sp³-hybridized carbons (Fsp3) is 0. The molecule has 0 fully saturated rings. The monoisotopic (exact) mass is 487 g/mol. The van der Waals surface area contributed by atoms with E-state index in [-0.39, 0.29) is 20.1 Å². The first-order valence-corrected chi connectivity index (χ1v) is 7.57. The molecule has 117 valence electrons. The van der Waals surface area contributed by atoms with Gasteiger partial charge in [-0.05, 0) is 22.2 Å². The molecule has 2 nitrogen and oxygen atoms in total. The van der Waals surface area contributed by atoms with Gasteiger partial charge in [0.15, 0.2) is 0 Å². The summed E-state index contributed by atoms with van der Waals surface area (Å²) in [6.07, 6.45) is 1.59. The maximum atomic E-state index is 4.97. The van der Waals surface area contributed by atoms with Gasteiger partial charge in [-0.2, -0.15) is 0 Å². The van der Waals surface area contributed by atoms with Crippen LogP contribution >= 0.6 is 0 Å². The van der Waals surface area contributed by atoms with Crippen LogP contribution in [-0.2, 0) is 20.1 Å². The van der Waals surface area contributed by atoms with Gasteiger partial charge in [-0.15, -0.1) is 28.9 Å². The maximum Gasteiger partial charge on any atom is 0.114 e. The molecular weight excluding hydrogens is 474 g/mol. The number of rotatable bonds is 1. The topological polar surface area (TPSA) is 26.0 Å². The first kappa shape index (κ1) is 15.1. The van der Waals surface area contributed by atoms with Crippen LogP contribution in [-0.4, -0.2) is 5.16 Å². The molecule has 0 unspecified atom stereocenters. The average molecular weight is 487 g/mol. The van der Waals surface area contributed by atoms with Crippen molar-refractivity contribution < 1.29 is 24.6 Å². The number of benzene rings is 4. The molecule has 24 heavy (non-hydrogen) atoms. The van der Waals surface area contributed by atoms with Crippen LogP contribution in [0, 0.1) is 6.07 Å². The molecule has 0 saturated carbocycles. The van der Waals surface area contributed by atoms with Crippen LogP contribution in [0.1, 0.15) is 0 Å². The molecular formula is C21H12IrNO-. The first-order chi connectivity index (χ1) is 11.4. The minimum absolute atomic E-state index is 0. The number of hydrogen-bond donors (Lipinski definition) is 0. The van der Waals surface area contributed by atoms with E-state index >= 15 is 0 Å². The van der Waals surface area contributed by atoms with Crippen LogP contribution in [0.15, 0.2) is 77.5 Å². The van der Waals surface area contributed by atoms with Crippen molar-refractivity contribution in [2.75, 3.05) is 0 Å². The van der Waals surface area contributed by atoms with Crippen LogP contribution < -0.4 is 0 Å². The molecule has 3 heteroatoms. The smallest absolute Gasteiger partial charge is 0.114 e. The Labute approximate surface area is 152 Å². The molecule has 0 spiro atoms. The van der Waals surface area contributed by atoms with Gasteiger partial charge in [0.25, 0.3) is 0 Å². The van der Waals surface area contributed by atoms with Gasteiger partial charge in [0, 0.05) is 25.8 Å². The third kappa shape index (κ3) is 2.17. The minimum Gasteiger partial charge on any atom is -0.375 e. The van der Waals surface area contributed by atoms with Crippen molar-refractivity contribution in [3.63, 3.8) is 0 Å². The summed E-state index contributed by atoms with van der Waals surface area (Å²) >= 11 is 0. The van der Waals surface area contributed by atoms with Gasteiger partial charge in [-0.1, -0.05) is 64.7 Å². The van der Waals surface area contributed by atoms with Gasteiger partial charge in [0.1, 0.15) is 6.26 Å². The maximum absolute atomic E-state index is 4.97. The zero-order valence-corrected chi connectivity index (χ0v) is 15.0. The van der Waals surface area contributed by atoms with Gasteiger partial charge >= 0.3 is 0 Å². The fourth-order valence-electron chi connectivity index (χ4n) is 3.34. The van der Waals surface area contributed by atoms with Crippen LogP contribution in [0.2, 0.25) is 0 Å². The van der Waals surface area contributed by atoms with Crippen LogP contribution in [0.5, 0.6) is 0 Å². The second-order valence-corrected chi connectivity index (χ2v) is 5.65. The summed E-state index contributed by atoms with van der Waals surface area (Å²) in [7, 11) is 0. The molecule has 0 N–H and O–H groups in total. The molecule has 0 saturated heterocycles. The van der Waals surface area contributed by atoms with E-state index < -0.39 is 0 Å². The van der Waals surface area contributed by atoms with E-state index in [2.05, 4.69) is 71.9 Å². The third-order valence-electron chi connectivity index (χ3n) is 4.39. The second-order valence-electron chi connectivity index (χ2n) is 5.65. The summed E-state index contributed by atoms with van der Waals surface area (Å²) in [5.74, 6) is 0. The van der Waals surface area contributed by atoms with E-state index in [0.29, 0.717) is 0 Å².